The van der Waals surface area contributed by atoms with Gasteiger partial charge in [0.15, 0.2) is 6.61 Å². The van der Waals surface area contributed by atoms with Crippen LogP contribution in [0.15, 0.2) is 54.6 Å². The summed E-state index contributed by atoms with van der Waals surface area (Å²) in [7, 11) is 1.54. The van der Waals surface area contributed by atoms with Gasteiger partial charge in [0.25, 0.3) is 5.91 Å². The predicted octanol–water partition coefficient (Wildman–Crippen LogP) is 3.54. The Kier molecular flexibility index (Phi) is 6.40. The van der Waals surface area contributed by atoms with E-state index in [1.807, 2.05) is 0 Å². The summed E-state index contributed by atoms with van der Waals surface area (Å²) in [5.74, 6) is -0.433. The van der Waals surface area contributed by atoms with E-state index in [1.54, 1.807) is 54.6 Å². The molecule has 0 unspecified atom stereocenters. The zero-order valence-corrected chi connectivity index (χ0v) is 13.7. The maximum absolute atomic E-state index is 11.8. The van der Waals surface area contributed by atoms with Gasteiger partial charge in [-0.1, -0.05) is 29.8 Å². The highest BCUT2D eigenvalue weighted by Gasteiger charge is 2.06. The van der Waals surface area contributed by atoms with Crippen molar-refractivity contribution in [1.29, 1.82) is 0 Å². The SMILES string of the molecule is COc1cccc(NC(=O)COC(=O)/C=C/c2cccc(Cl)c2)c1. The molecule has 124 valence electrons. The fraction of sp³-hybridized carbons (Fsp3) is 0.111. The molecule has 0 spiro atoms. The fourth-order valence-electron chi connectivity index (χ4n) is 1.86. The molecule has 0 saturated heterocycles. The van der Waals surface area contributed by atoms with E-state index >= 15 is 0 Å². The summed E-state index contributed by atoms with van der Waals surface area (Å²) in [6, 6.07) is 13.9. The topological polar surface area (TPSA) is 64.6 Å². The lowest BCUT2D eigenvalue weighted by Gasteiger charge is -2.07. The van der Waals surface area contributed by atoms with Crippen molar-refractivity contribution in [3.63, 3.8) is 0 Å². The van der Waals surface area contributed by atoms with Crippen LogP contribution >= 0.6 is 11.6 Å². The Bertz CT molecular complexity index is 758. The predicted molar refractivity (Wildman–Crippen MR) is 93.1 cm³/mol. The van der Waals surface area contributed by atoms with E-state index in [1.165, 1.54) is 13.2 Å². The molecule has 1 amide bonds. The van der Waals surface area contributed by atoms with E-state index in [9.17, 15) is 9.59 Å². The number of halogens is 1. The van der Waals surface area contributed by atoms with E-state index in [2.05, 4.69) is 5.32 Å². The second-order valence-electron chi connectivity index (χ2n) is 4.78. The molecular weight excluding hydrogens is 330 g/mol. The smallest absolute Gasteiger partial charge is 0.331 e. The molecule has 0 aliphatic heterocycles. The molecule has 0 fully saturated rings. The standard InChI is InChI=1S/C18H16ClNO4/c1-23-16-7-3-6-15(11-16)20-17(21)12-24-18(22)9-8-13-4-2-5-14(19)10-13/h2-11H,12H2,1H3,(H,20,21)/b9-8+. The van der Waals surface area contributed by atoms with Crippen LogP contribution in [0.4, 0.5) is 5.69 Å². The van der Waals surface area contributed by atoms with E-state index in [0.717, 1.165) is 5.56 Å². The molecule has 1 N–H and O–H groups in total. The molecule has 5 nitrogen and oxygen atoms in total. The van der Waals surface area contributed by atoms with E-state index in [-0.39, 0.29) is 6.61 Å². The average molecular weight is 346 g/mol. The molecule has 0 bridgehead atoms. The molecule has 0 heterocycles. The second kappa shape index (κ2) is 8.74. The van der Waals surface area contributed by atoms with E-state index in [0.29, 0.717) is 16.5 Å². The summed E-state index contributed by atoms with van der Waals surface area (Å²) in [6.45, 7) is -0.379. The number of benzene rings is 2. The van der Waals surface area contributed by atoms with Crippen LogP contribution in [0.5, 0.6) is 5.75 Å². The quantitative estimate of drug-likeness (QED) is 0.642. The lowest BCUT2D eigenvalue weighted by atomic mass is 10.2. The monoisotopic (exact) mass is 345 g/mol. The van der Waals surface area contributed by atoms with Crippen molar-refractivity contribution in [3.8, 4) is 5.75 Å². The zero-order valence-electron chi connectivity index (χ0n) is 13.0. The Hall–Kier alpha value is -2.79. The summed E-state index contributed by atoms with van der Waals surface area (Å²) >= 11 is 5.85. The molecule has 2 rings (SSSR count). The molecule has 0 aromatic heterocycles. The van der Waals surface area contributed by atoms with Gasteiger partial charge in [0.1, 0.15) is 5.75 Å². The van der Waals surface area contributed by atoms with Crippen LogP contribution in [0.2, 0.25) is 5.02 Å². The Balaban J connectivity index is 1.81. The highest BCUT2D eigenvalue weighted by Crippen LogP contribution is 2.16. The lowest BCUT2D eigenvalue weighted by Crippen LogP contribution is -2.20. The number of amides is 1. The van der Waals surface area contributed by atoms with Gasteiger partial charge in [-0.05, 0) is 35.9 Å². The summed E-state index contributed by atoms with van der Waals surface area (Å²) in [5.41, 5.74) is 1.32. The Morgan fingerprint density at radius 3 is 2.71 bits per heavy atom. The van der Waals surface area contributed by atoms with Gasteiger partial charge in [0, 0.05) is 22.9 Å². The fourth-order valence-corrected chi connectivity index (χ4v) is 2.06. The number of methoxy groups -OCH3 is 1. The first-order valence-electron chi connectivity index (χ1n) is 7.11. The van der Waals surface area contributed by atoms with E-state index in [4.69, 9.17) is 21.1 Å². The van der Waals surface area contributed by atoms with E-state index < -0.39 is 11.9 Å². The number of rotatable bonds is 6. The molecule has 0 radical (unpaired) electrons. The highest BCUT2D eigenvalue weighted by molar-refractivity contribution is 6.30. The summed E-state index contributed by atoms with van der Waals surface area (Å²) in [4.78, 5) is 23.4. The van der Waals surface area contributed by atoms with Crippen LogP contribution in [0.25, 0.3) is 6.08 Å². The first kappa shape index (κ1) is 17.6. The Morgan fingerprint density at radius 1 is 1.17 bits per heavy atom. The first-order valence-corrected chi connectivity index (χ1v) is 7.49. The van der Waals surface area contributed by atoms with Gasteiger partial charge in [-0.2, -0.15) is 0 Å². The van der Waals surface area contributed by atoms with Crippen molar-refractivity contribution in [2.75, 3.05) is 19.0 Å². The van der Waals surface area contributed by atoms with Crippen LogP contribution in [-0.2, 0) is 14.3 Å². The zero-order chi connectivity index (χ0) is 17.4. The van der Waals surface area contributed by atoms with Crippen molar-refractivity contribution in [1.82, 2.24) is 0 Å². The number of carbonyl (C=O) groups is 2. The van der Waals surface area contributed by atoms with Gasteiger partial charge in [-0.3, -0.25) is 4.79 Å². The van der Waals surface area contributed by atoms with Crippen molar-refractivity contribution in [3.05, 3.63) is 65.2 Å². The minimum Gasteiger partial charge on any atom is -0.497 e. The van der Waals surface area contributed by atoms with Gasteiger partial charge in [0.05, 0.1) is 7.11 Å². The number of carbonyl (C=O) groups excluding carboxylic acids is 2. The molecule has 0 aliphatic rings. The second-order valence-corrected chi connectivity index (χ2v) is 5.21. The Labute approximate surface area is 144 Å². The highest BCUT2D eigenvalue weighted by atomic mass is 35.5. The van der Waals surface area contributed by atoms with Gasteiger partial charge in [-0.15, -0.1) is 0 Å². The van der Waals surface area contributed by atoms with Crippen LogP contribution < -0.4 is 10.1 Å². The van der Waals surface area contributed by atoms with Gasteiger partial charge < -0.3 is 14.8 Å². The molecule has 0 aliphatic carbocycles. The molecule has 6 heteroatoms. The van der Waals surface area contributed by atoms with Crippen LogP contribution in [0.3, 0.4) is 0 Å². The Morgan fingerprint density at radius 2 is 1.96 bits per heavy atom. The minimum atomic E-state index is -0.615. The van der Waals surface area contributed by atoms with Gasteiger partial charge >= 0.3 is 5.97 Å². The van der Waals surface area contributed by atoms with Gasteiger partial charge in [0.2, 0.25) is 0 Å². The largest absolute Gasteiger partial charge is 0.497 e. The first-order chi connectivity index (χ1) is 11.6. The number of anilines is 1. The third kappa shape index (κ3) is 5.78. The van der Waals surface area contributed by atoms with Crippen molar-refractivity contribution in [2.45, 2.75) is 0 Å². The maximum Gasteiger partial charge on any atom is 0.331 e. The number of hydrogen-bond acceptors (Lipinski definition) is 4. The summed E-state index contributed by atoms with van der Waals surface area (Å²) < 4.78 is 9.94. The summed E-state index contributed by atoms with van der Waals surface area (Å²) in [6.07, 6.45) is 2.80. The third-order valence-corrected chi connectivity index (χ3v) is 3.19. The van der Waals surface area contributed by atoms with Gasteiger partial charge in [-0.25, -0.2) is 4.79 Å². The molecule has 24 heavy (non-hydrogen) atoms. The van der Waals surface area contributed by atoms with Crippen LogP contribution in [0.1, 0.15) is 5.56 Å². The van der Waals surface area contributed by atoms with Crippen molar-refractivity contribution in [2.24, 2.45) is 0 Å². The molecular formula is C18H16ClNO4. The molecule has 2 aromatic carbocycles. The number of esters is 1. The van der Waals surface area contributed by atoms with Crippen molar-refractivity contribution < 1.29 is 19.1 Å². The molecule has 2 aromatic rings. The third-order valence-electron chi connectivity index (χ3n) is 2.96. The number of ether oxygens (including phenoxy) is 2. The average Bonchev–Trinajstić information content (AvgIpc) is 2.58. The summed E-state index contributed by atoms with van der Waals surface area (Å²) in [5, 5.41) is 3.19. The van der Waals surface area contributed by atoms with Crippen LogP contribution in [0, 0.1) is 0 Å². The number of nitrogens with one attached hydrogen (secondary N) is 1. The number of hydrogen-bond donors (Lipinski definition) is 1. The lowest BCUT2D eigenvalue weighted by molar-refractivity contribution is -0.142. The van der Waals surface area contributed by atoms with Crippen LogP contribution in [-0.4, -0.2) is 25.6 Å². The molecule has 0 atom stereocenters. The normalized spacial score (nSPS) is 10.4. The minimum absolute atomic E-state index is 0.379. The maximum atomic E-state index is 11.8. The van der Waals surface area contributed by atoms with Crippen molar-refractivity contribution >= 4 is 35.2 Å². The molecule has 0 saturated carbocycles.